The zero-order valence-corrected chi connectivity index (χ0v) is 15.5. The van der Waals surface area contributed by atoms with Gasteiger partial charge in [0.2, 0.25) is 5.88 Å². The van der Waals surface area contributed by atoms with Crippen LogP contribution in [0.5, 0.6) is 5.88 Å². The second kappa shape index (κ2) is 7.94. The van der Waals surface area contributed by atoms with E-state index in [1.165, 1.54) is 13.3 Å². The number of hydrogen-bond donors (Lipinski definition) is 3. The van der Waals surface area contributed by atoms with E-state index in [0.29, 0.717) is 34.0 Å². The van der Waals surface area contributed by atoms with Crippen molar-refractivity contribution in [1.29, 1.82) is 0 Å². The summed E-state index contributed by atoms with van der Waals surface area (Å²) in [6.07, 6.45) is -2.61. The van der Waals surface area contributed by atoms with E-state index in [9.17, 15) is 18.3 Å². The van der Waals surface area contributed by atoms with Crippen LogP contribution in [0.25, 0.3) is 0 Å². The van der Waals surface area contributed by atoms with Gasteiger partial charge in [0.15, 0.2) is 11.9 Å². The molecule has 28 heavy (non-hydrogen) atoms. The molecule has 0 aromatic carbocycles. The molecule has 148 valence electrons. The van der Waals surface area contributed by atoms with Gasteiger partial charge in [-0.1, -0.05) is 0 Å². The Labute approximate surface area is 161 Å². The van der Waals surface area contributed by atoms with Crippen molar-refractivity contribution in [3.8, 4) is 5.88 Å². The van der Waals surface area contributed by atoms with Gasteiger partial charge in [0, 0.05) is 6.07 Å². The first-order valence-electron chi connectivity index (χ1n) is 7.85. The highest BCUT2D eigenvalue weighted by Crippen LogP contribution is 2.33. The van der Waals surface area contributed by atoms with Crippen LogP contribution in [0.3, 0.4) is 0 Å². The van der Waals surface area contributed by atoms with Gasteiger partial charge in [0.25, 0.3) is 0 Å². The molecule has 0 bridgehead atoms. The summed E-state index contributed by atoms with van der Waals surface area (Å²) in [7, 11) is 1.49. The van der Waals surface area contributed by atoms with E-state index in [0.717, 1.165) is 17.7 Å². The van der Waals surface area contributed by atoms with Gasteiger partial charge in [-0.2, -0.15) is 17.5 Å². The number of aryl methyl sites for hydroxylation is 1. The van der Waals surface area contributed by atoms with Crippen LogP contribution in [0.15, 0.2) is 30.7 Å². The van der Waals surface area contributed by atoms with Gasteiger partial charge in [-0.05, 0) is 24.5 Å². The number of methoxy groups -OCH3 is 1. The number of aromatic nitrogens is 4. The highest BCUT2D eigenvalue weighted by atomic mass is 32.1. The number of aliphatic hydroxyl groups excluding tert-OH is 1. The smallest absolute Gasteiger partial charge is 0.434 e. The first-order valence-corrected chi connectivity index (χ1v) is 8.62. The molecule has 0 saturated heterocycles. The van der Waals surface area contributed by atoms with Crippen molar-refractivity contribution in [1.82, 2.24) is 19.3 Å². The lowest BCUT2D eigenvalue weighted by molar-refractivity contribution is -0.141. The fourth-order valence-electron chi connectivity index (χ4n) is 2.26. The van der Waals surface area contributed by atoms with Crippen LogP contribution < -0.4 is 15.4 Å². The molecule has 3 aromatic heterocycles. The topological polar surface area (TPSA) is 105 Å². The highest BCUT2D eigenvalue weighted by Gasteiger charge is 2.32. The maximum Gasteiger partial charge on any atom is 0.434 e. The van der Waals surface area contributed by atoms with Crippen molar-refractivity contribution in [3.05, 3.63) is 47.7 Å². The lowest BCUT2D eigenvalue weighted by Crippen LogP contribution is -2.12. The van der Waals surface area contributed by atoms with E-state index in [4.69, 9.17) is 4.74 Å². The number of nitrogens with zero attached hydrogens (tertiary/aromatic N) is 4. The molecule has 0 amide bonds. The molecule has 1 atom stereocenters. The third kappa shape index (κ3) is 4.46. The summed E-state index contributed by atoms with van der Waals surface area (Å²) in [5, 5.41) is 16.7. The second-order valence-electron chi connectivity index (χ2n) is 5.56. The van der Waals surface area contributed by atoms with E-state index >= 15 is 0 Å². The minimum absolute atomic E-state index is 0.0937. The summed E-state index contributed by atoms with van der Waals surface area (Å²) in [5.41, 5.74) is 0.433. The summed E-state index contributed by atoms with van der Waals surface area (Å²) < 4.78 is 46.9. The van der Waals surface area contributed by atoms with Gasteiger partial charge in [-0.3, -0.25) is 0 Å². The van der Waals surface area contributed by atoms with Crippen molar-refractivity contribution in [2.24, 2.45) is 0 Å². The molecule has 0 radical (unpaired) electrons. The normalized spacial score (nSPS) is 12.5. The fraction of sp³-hybridized carbons (Fsp3) is 0.250. The highest BCUT2D eigenvalue weighted by molar-refractivity contribution is 7.10. The number of hydrogen-bond acceptors (Lipinski definition) is 9. The molecule has 0 fully saturated rings. The van der Waals surface area contributed by atoms with Crippen LogP contribution in [-0.4, -0.2) is 31.5 Å². The van der Waals surface area contributed by atoms with E-state index in [2.05, 4.69) is 30.0 Å². The lowest BCUT2D eigenvalue weighted by Gasteiger charge is -2.16. The van der Waals surface area contributed by atoms with Crippen LogP contribution in [0.2, 0.25) is 0 Å². The average molecular weight is 412 g/mol. The summed E-state index contributed by atoms with van der Waals surface area (Å²) in [4.78, 5) is 11.1. The Hall–Kier alpha value is -2.99. The van der Waals surface area contributed by atoms with Gasteiger partial charge in [-0.15, -0.1) is 0 Å². The molecule has 3 aromatic rings. The Morgan fingerprint density at radius 3 is 2.50 bits per heavy atom. The summed E-state index contributed by atoms with van der Waals surface area (Å²) in [5.74, 6) is 0.521. The van der Waals surface area contributed by atoms with Crippen LogP contribution in [-0.2, 0) is 6.18 Å². The molecular formula is C16H15F3N6O2S. The Morgan fingerprint density at radius 2 is 1.93 bits per heavy atom. The number of anilines is 3. The van der Waals surface area contributed by atoms with Crippen molar-refractivity contribution in [2.45, 2.75) is 19.3 Å². The number of alkyl halides is 3. The first kappa shape index (κ1) is 19.8. The molecule has 0 aliphatic rings. The monoisotopic (exact) mass is 412 g/mol. The van der Waals surface area contributed by atoms with Crippen LogP contribution in [0.4, 0.5) is 29.7 Å². The van der Waals surface area contributed by atoms with Crippen LogP contribution >= 0.6 is 11.5 Å². The van der Waals surface area contributed by atoms with E-state index < -0.39 is 18.1 Å². The second-order valence-corrected chi connectivity index (χ2v) is 6.33. The third-order valence-electron chi connectivity index (χ3n) is 3.61. The molecule has 0 aliphatic heterocycles. The molecule has 0 aliphatic carbocycles. The zero-order chi connectivity index (χ0) is 20.3. The third-order valence-corrected chi connectivity index (χ3v) is 4.48. The number of nitrogens with one attached hydrogen (secondary N) is 2. The predicted octanol–water partition coefficient (Wildman–Crippen LogP) is 3.51. The number of ether oxygens (including phenoxy) is 1. The first-order chi connectivity index (χ1) is 13.3. The molecular weight excluding hydrogens is 397 g/mol. The zero-order valence-electron chi connectivity index (χ0n) is 14.7. The molecule has 3 rings (SSSR count). The molecule has 3 N–H and O–H groups in total. The number of rotatable bonds is 6. The molecule has 3 heterocycles. The molecule has 0 spiro atoms. The Bertz CT molecular complexity index is 931. The van der Waals surface area contributed by atoms with Crippen LogP contribution in [0.1, 0.15) is 23.2 Å². The Balaban J connectivity index is 1.77. The van der Waals surface area contributed by atoms with Gasteiger partial charge in [-0.25, -0.2) is 15.0 Å². The average Bonchev–Trinajstić information content (AvgIpc) is 3.02. The van der Waals surface area contributed by atoms with E-state index in [1.807, 2.05) is 0 Å². The largest absolute Gasteiger partial charge is 0.481 e. The summed E-state index contributed by atoms with van der Waals surface area (Å²) in [6.45, 7) is 1.70. The quantitative estimate of drug-likeness (QED) is 0.529. The minimum atomic E-state index is -4.57. The lowest BCUT2D eigenvalue weighted by atomic mass is 10.2. The summed E-state index contributed by atoms with van der Waals surface area (Å²) in [6, 6.07) is 3.31. The van der Waals surface area contributed by atoms with Crippen molar-refractivity contribution in [2.75, 3.05) is 17.7 Å². The van der Waals surface area contributed by atoms with Crippen molar-refractivity contribution in [3.63, 3.8) is 0 Å². The number of pyridine rings is 1. The van der Waals surface area contributed by atoms with Gasteiger partial charge >= 0.3 is 6.18 Å². The predicted molar refractivity (Wildman–Crippen MR) is 96.5 cm³/mol. The van der Waals surface area contributed by atoms with E-state index in [1.54, 1.807) is 19.1 Å². The number of halogens is 3. The standard InChI is InChI=1S/C16H15F3N6O2S/c1-8-13(14(26)23-9-3-4-12(27-2)22-5-9)15(28-25-8)24-11-7-20-10(6-21-11)16(17,18)19/h3-7,14,23,26H,1-2H3,(H,21,24). The van der Waals surface area contributed by atoms with Gasteiger partial charge in [0.05, 0.1) is 42.6 Å². The van der Waals surface area contributed by atoms with Crippen molar-refractivity contribution >= 4 is 28.0 Å². The van der Waals surface area contributed by atoms with E-state index in [-0.39, 0.29) is 5.82 Å². The Kier molecular flexibility index (Phi) is 5.61. The van der Waals surface area contributed by atoms with Gasteiger partial charge < -0.3 is 20.5 Å². The fourth-order valence-corrected chi connectivity index (χ4v) is 3.10. The maximum absolute atomic E-state index is 12.6. The molecule has 12 heteroatoms. The molecule has 1 unspecified atom stereocenters. The molecule has 8 nitrogen and oxygen atoms in total. The van der Waals surface area contributed by atoms with Gasteiger partial charge in [0.1, 0.15) is 10.8 Å². The minimum Gasteiger partial charge on any atom is -0.481 e. The SMILES string of the molecule is COc1ccc(NC(O)c2c(C)nsc2Nc2cnc(C(F)(F)F)cn2)cn1. The molecule has 0 saturated carbocycles. The number of aliphatic hydroxyl groups is 1. The maximum atomic E-state index is 12.6. The van der Waals surface area contributed by atoms with Crippen LogP contribution in [0, 0.1) is 6.92 Å². The Morgan fingerprint density at radius 1 is 1.14 bits per heavy atom. The van der Waals surface area contributed by atoms with Crippen molar-refractivity contribution < 1.29 is 23.0 Å². The summed E-state index contributed by atoms with van der Waals surface area (Å²) >= 11 is 1.04.